The molecule has 0 aliphatic heterocycles. The fraction of sp³-hybridized carbons (Fsp3) is 0.286. The summed E-state index contributed by atoms with van der Waals surface area (Å²) in [5.41, 5.74) is 1.87. The minimum absolute atomic E-state index is 0.222. The summed E-state index contributed by atoms with van der Waals surface area (Å²) in [5.74, 6) is -0.224. The van der Waals surface area contributed by atoms with Crippen molar-refractivity contribution in [1.82, 2.24) is 0 Å². The quantitative estimate of drug-likeness (QED) is 0.791. The summed E-state index contributed by atoms with van der Waals surface area (Å²) in [7, 11) is 0. The van der Waals surface area contributed by atoms with Crippen LogP contribution in [0.15, 0.2) is 28.7 Å². The third kappa shape index (κ3) is 2.93. The first-order chi connectivity index (χ1) is 8.47. The van der Waals surface area contributed by atoms with Gasteiger partial charge >= 0.3 is 0 Å². The number of rotatable bonds is 3. The van der Waals surface area contributed by atoms with E-state index in [-0.39, 0.29) is 11.9 Å². The van der Waals surface area contributed by atoms with Crippen LogP contribution in [-0.4, -0.2) is 0 Å². The van der Waals surface area contributed by atoms with E-state index in [4.69, 9.17) is 0 Å². The topological polar surface area (TPSA) is 12.0 Å². The molecule has 1 heterocycles. The fourth-order valence-corrected chi connectivity index (χ4v) is 3.02. The lowest BCUT2D eigenvalue weighted by Gasteiger charge is -2.16. The Balaban J connectivity index is 2.21. The molecule has 96 valence electrons. The number of anilines is 1. The van der Waals surface area contributed by atoms with Crippen LogP contribution in [0.1, 0.15) is 28.3 Å². The van der Waals surface area contributed by atoms with E-state index >= 15 is 0 Å². The summed E-state index contributed by atoms with van der Waals surface area (Å²) in [6.07, 6.45) is 0. The minimum atomic E-state index is -0.224. The van der Waals surface area contributed by atoms with Crippen LogP contribution >= 0.6 is 27.3 Å². The maximum Gasteiger partial charge on any atom is 0.137 e. The lowest BCUT2D eigenvalue weighted by Crippen LogP contribution is -2.06. The number of hydrogen-bond donors (Lipinski definition) is 1. The number of aryl methyl sites for hydroxylation is 2. The van der Waals surface area contributed by atoms with Gasteiger partial charge in [0.2, 0.25) is 0 Å². The summed E-state index contributed by atoms with van der Waals surface area (Å²) in [5, 5.41) is 3.42. The molecule has 0 spiro atoms. The summed E-state index contributed by atoms with van der Waals surface area (Å²) in [4.78, 5) is 2.59. The van der Waals surface area contributed by atoms with Gasteiger partial charge in [-0.3, -0.25) is 0 Å². The van der Waals surface area contributed by atoms with Crippen LogP contribution < -0.4 is 5.32 Å². The van der Waals surface area contributed by atoms with Gasteiger partial charge in [0, 0.05) is 15.4 Å². The second-order valence-electron chi connectivity index (χ2n) is 4.40. The lowest BCUT2D eigenvalue weighted by atomic mass is 10.1. The molecule has 0 radical (unpaired) electrons. The van der Waals surface area contributed by atoms with Gasteiger partial charge in [-0.25, -0.2) is 4.39 Å². The van der Waals surface area contributed by atoms with E-state index in [9.17, 15) is 4.39 Å². The second kappa shape index (κ2) is 5.41. The molecule has 0 saturated carbocycles. The average molecular weight is 328 g/mol. The summed E-state index contributed by atoms with van der Waals surface area (Å²) >= 11 is 5.00. The van der Waals surface area contributed by atoms with Gasteiger partial charge in [-0.15, -0.1) is 11.3 Å². The normalized spacial score (nSPS) is 12.5. The third-order valence-corrected chi connectivity index (χ3v) is 4.62. The predicted octanol–water partition coefficient (Wildman–Crippen LogP) is 5.44. The molecule has 0 saturated heterocycles. The van der Waals surface area contributed by atoms with Crippen molar-refractivity contribution < 1.29 is 4.39 Å². The van der Waals surface area contributed by atoms with Crippen molar-refractivity contribution in [3.8, 4) is 0 Å². The van der Waals surface area contributed by atoms with Gasteiger partial charge in [-0.05, 0) is 66.5 Å². The van der Waals surface area contributed by atoms with Crippen LogP contribution in [0, 0.1) is 19.7 Å². The van der Waals surface area contributed by atoms with Crippen LogP contribution in [0.3, 0.4) is 0 Å². The van der Waals surface area contributed by atoms with Crippen LogP contribution in [0.25, 0.3) is 0 Å². The van der Waals surface area contributed by atoms with Gasteiger partial charge in [0.25, 0.3) is 0 Å². The fourth-order valence-electron chi connectivity index (χ4n) is 1.79. The third-order valence-electron chi connectivity index (χ3n) is 2.83. The number of benzene rings is 1. The molecule has 18 heavy (non-hydrogen) atoms. The molecule has 0 aliphatic carbocycles. The molecule has 4 heteroatoms. The van der Waals surface area contributed by atoms with Gasteiger partial charge in [0.1, 0.15) is 5.82 Å². The lowest BCUT2D eigenvalue weighted by molar-refractivity contribution is 0.620. The monoisotopic (exact) mass is 327 g/mol. The van der Waals surface area contributed by atoms with Gasteiger partial charge in [0.05, 0.1) is 10.5 Å². The maximum atomic E-state index is 13.4. The van der Waals surface area contributed by atoms with Gasteiger partial charge < -0.3 is 5.32 Å². The van der Waals surface area contributed by atoms with E-state index < -0.39 is 0 Å². The molecule has 0 fully saturated rings. The summed E-state index contributed by atoms with van der Waals surface area (Å²) in [6.45, 7) is 6.12. The minimum Gasteiger partial charge on any atom is -0.377 e. The van der Waals surface area contributed by atoms with Crippen molar-refractivity contribution in [3.63, 3.8) is 0 Å². The molecule has 1 N–H and O–H groups in total. The van der Waals surface area contributed by atoms with Gasteiger partial charge in [0.15, 0.2) is 0 Å². The van der Waals surface area contributed by atoms with Crippen LogP contribution in [0.4, 0.5) is 10.1 Å². The van der Waals surface area contributed by atoms with Crippen LogP contribution in [0.5, 0.6) is 0 Å². The largest absolute Gasteiger partial charge is 0.377 e. The standard InChI is InChI=1S/C14H15BrFNS/c1-8-6-12(16)11(15)7-13(8)17-10(3)14-5-4-9(2)18-14/h4-7,10,17H,1-3H3. The Morgan fingerprint density at radius 1 is 1.28 bits per heavy atom. The van der Waals surface area contributed by atoms with E-state index in [0.717, 1.165) is 11.3 Å². The second-order valence-corrected chi connectivity index (χ2v) is 6.57. The number of thiophene rings is 1. The van der Waals surface area contributed by atoms with Crippen molar-refractivity contribution in [2.24, 2.45) is 0 Å². The highest BCUT2D eigenvalue weighted by Crippen LogP contribution is 2.29. The van der Waals surface area contributed by atoms with Crippen molar-refractivity contribution in [3.05, 3.63) is 49.9 Å². The van der Waals surface area contributed by atoms with Crippen molar-refractivity contribution >= 4 is 33.0 Å². The highest BCUT2D eigenvalue weighted by molar-refractivity contribution is 9.10. The Bertz CT molecular complexity index is 565. The highest BCUT2D eigenvalue weighted by Gasteiger charge is 2.11. The molecule has 1 aromatic heterocycles. The Kier molecular flexibility index (Phi) is 4.07. The van der Waals surface area contributed by atoms with Crippen LogP contribution in [-0.2, 0) is 0 Å². The van der Waals surface area contributed by atoms with E-state index in [0.29, 0.717) is 4.47 Å². The zero-order valence-corrected chi connectivity index (χ0v) is 13.0. The number of halogens is 2. The summed E-state index contributed by atoms with van der Waals surface area (Å²) in [6, 6.07) is 7.80. The maximum absolute atomic E-state index is 13.4. The van der Waals surface area contributed by atoms with Crippen LogP contribution in [0.2, 0.25) is 0 Å². The van der Waals surface area contributed by atoms with E-state index in [2.05, 4.69) is 47.2 Å². The SMILES string of the molecule is Cc1ccc(C(C)Nc2cc(Br)c(F)cc2C)s1. The molecule has 1 nitrogen and oxygen atoms in total. The zero-order valence-electron chi connectivity index (χ0n) is 10.6. The molecular weight excluding hydrogens is 313 g/mol. The number of nitrogens with one attached hydrogen (secondary N) is 1. The predicted molar refractivity (Wildman–Crippen MR) is 79.9 cm³/mol. The van der Waals surface area contributed by atoms with Crippen molar-refractivity contribution in [1.29, 1.82) is 0 Å². The zero-order chi connectivity index (χ0) is 13.3. The molecule has 2 aromatic rings. The van der Waals surface area contributed by atoms with E-state index in [1.54, 1.807) is 23.5 Å². The Morgan fingerprint density at radius 2 is 2.00 bits per heavy atom. The number of hydrogen-bond acceptors (Lipinski definition) is 2. The Labute approximate surface area is 119 Å². The van der Waals surface area contributed by atoms with E-state index in [1.165, 1.54) is 9.75 Å². The molecule has 1 unspecified atom stereocenters. The Morgan fingerprint density at radius 3 is 2.61 bits per heavy atom. The first kappa shape index (κ1) is 13.6. The summed E-state index contributed by atoms with van der Waals surface area (Å²) < 4.78 is 13.8. The molecule has 0 amide bonds. The molecule has 1 aromatic carbocycles. The molecule has 1 atom stereocenters. The molecule has 0 bridgehead atoms. The van der Waals surface area contributed by atoms with E-state index in [1.807, 2.05) is 6.92 Å². The molecule has 0 aliphatic rings. The van der Waals surface area contributed by atoms with Gasteiger partial charge in [-0.2, -0.15) is 0 Å². The van der Waals surface area contributed by atoms with Crippen molar-refractivity contribution in [2.45, 2.75) is 26.8 Å². The smallest absolute Gasteiger partial charge is 0.137 e. The molecular formula is C14H15BrFNS. The Hall–Kier alpha value is -0.870. The molecule has 2 rings (SSSR count). The first-order valence-electron chi connectivity index (χ1n) is 5.76. The average Bonchev–Trinajstić information content (AvgIpc) is 2.73. The van der Waals surface area contributed by atoms with Gasteiger partial charge in [-0.1, -0.05) is 0 Å². The first-order valence-corrected chi connectivity index (χ1v) is 7.37. The highest BCUT2D eigenvalue weighted by atomic mass is 79.9. The van der Waals surface area contributed by atoms with Crippen molar-refractivity contribution in [2.75, 3.05) is 5.32 Å².